The van der Waals surface area contributed by atoms with E-state index in [0.29, 0.717) is 12.8 Å². The molecular formula is C13H27N3O2. The second kappa shape index (κ2) is 6.18. The molecule has 1 unspecified atom stereocenters. The summed E-state index contributed by atoms with van der Waals surface area (Å²) < 4.78 is 0. The molecule has 0 saturated heterocycles. The summed E-state index contributed by atoms with van der Waals surface area (Å²) in [6.45, 7) is 11.1. The molecule has 0 radical (unpaired) electrons. The number of nitrogens with one attached hydrogen (secondary N) is 2. The number of hydrogen-bond acceptors (Lipinski definition) is 3. The van der Waals surface area contributed by atoms with E-state index in [-0.39, 0.29) is 17.4 Å². The predicted molar refractivity (Wildman–Crippen MR) is 73.0 cm³/mol. The van der Waals surface area contributed by atoms with Gasteiger partial charge in [-0.05, 0) is 40.5 Å². The van der Waals surface area contributed by atoms with Gasteiger partial charge in [0, 0.05) is 5.54 Å². The first-order valence-electron chi connectivity index (χ1n) is 6.47. The molecule has 0 fully saturated rings. The third-order valence-corrected chi connectivity index (χ3v) is 2.95. The van der Waals surface area contributed by atoms with Crippen molar-refractivity contribution in [1.29, 1.82) is 0 Å². The summed E-state index contributed by atoms with van der Waals surface area (Å²) >= 11 is 0. The van der Waals surface area contributed by atoms with Gasteiger partial charge in [0.05, 0.1) is 5.54 Å². The van der Waals surface area contributed by atoms with Gasteiger partial charge in [0.25, 0.3) is 0 Å². The molecule has 5 heteroatoms. The predicted octanol–water partition coefficient (Wildman–Crippen LogP) is 0.923. The quantitative estimate of drug-likeness (QED) is 0.685. The van der Waals surface area contributed by atoms with Gasteiger partial charge in [-0.2, -0.15) is 0 Å². The van der Waals surface area contributed by atoms with Crippen molar-refractivity contribution in [3.8, 4) is 0 Å². The third kappa shape index (κ3) is 5.04. The minimum atomic E-state index is -0.893. The lowest BCUT2D eigenvalue weighted by atomic mass is 9.93. The Labute approximate surface area is 110 Å². The summed E-state index contributed by atoms with van der Waals surface area (Å²) in [6, 6.07) is -0.585. The molecule has 0 aliphatic heterocycles. The van der Waals surface area contributed by atoms with Crippen molar-refractivity contribution in [3.63, 3.8) is 0 Å². The van der Waals surface area contributed by atoms with Crippen molar-refractivity contribution < 1.29 is 9.59 Å². The fourth-order valence-electron chi connectivity index (χ4n) is 1.45. The van der Waals surface area contributed by atoms with Gasteiger partial charge in [-0.1, -0.05) is 13.8 Å². The Morgan fingerprint density at radius 1 is 1.17 bits per heavy atom. The Morgan fingerprint density at radius 3 is 1.94 bits per heavy atom. The van der Waals surface area contributed by atoms with Crippen molar-refractivity contribution >= 4 is 11.8 Å². The fourth-order valence-corrected chi connectivity index (χ4v) is 1.45. The molecule has 0 aliphatic carbocycles. The molecule has 18 heavy (non-hydrogen) atoms. The van der Waals surface area contributed by atoms with Gasteiger partial charge < -0.3 is 16.4 Å². The van der Waals surface area contributed by atoms with Crippen LogP contribution in [-0.4, -0.2) is 28.9 Å². The van der Waals surface area contributed by atoms with Crippen molar-refractivity contribution in [2.75, 3.05) is 0 Å². The zero-order valence-electron chi connectivity index (χ0n) is 12.4. The highest BCUT2D eigenvalue weighted by Gasteiger charge is 2.32. The summed E-state index contributed by atoms with van der Waals surface area (Å²) in [5, 5.41) is 5.49. The molecule has 0 spiro atoms. The van der Waals surface area contributed by atoms with Crippen molar-refractivity contribution in [2.24, 2.45) is 5.73 Å². The maximum absolute atomic E-state index is 12.0. The Morgan fingerprint density at radius 2 is 1.61 bits per heavy atom. The monoisotopic (exact) mass is 257 g/mol. The fraction of sp³-hybridized carbons (Fsp3) is 0.846. The van der Waals surface area contributed by atoms with Gasteiger partial charge in [-0.3, -0.25) is 9.59 Å². The van der Waals surface area contributed by atoms with Crippen molar-refractivity contribution in [2.45, 2.75) is 71.5 Å². The highest BCUT2D eigenvalue weighted by atomic mass is 16.2. The first-order chi connectivity index (χ1) is 8.05. The van der Waals surface area contributed by atoms with Crippen molar-refractivity contribution in [3.05, 3.63) is 0 Å². The van der Waals surface area contributed by atoms with Gasteiger partial charge in [0.2, 0.25) is 11.8 Å². The van der Waals surface area contributed by atoms with E-state index in [1.54, 1.807) is 6.92 Å². The summed E-state index contributed by atoms with van der Waals surface area (Å²) in [5.74, 6) is -0.477. The normalized spacial score (nSPS) is 13.9. The summed E-state index contributed by atoms with van der Waals surface area (Å²) in [6.07, 6.45) is 1.09. The highest BCUT2D eigenvalue weighted by Crippen LogP contribution is 2.11. The smallest absolute Gasteiger partial charge is 0.242 e. The summed E-state index contributed by atoms with van der Waals surface area (Å²) in [5.41, 5.74) is 4.77. The largest absolute Gasteiger partial charge is 0.350 e. The molecule has 0 aromatic heterocycles. The topological polar surface area (TPSA) is 84.2 Å². The van der Waals surface area contributed by atoms with Crippen LogP contribution in [0.5, 0.6) is 0 Å². The number of nitrogens with two attached hydrogens (primary N) is 1. The Kier molecular flexibility index (Phi) is 5.80. The molecule has 2 amide bonds. The van der Waals surface area contributed by atoms with Crippen LogP contribution in [0.2, 0.25) is 0 Å². The number of carbonyl (C=O) groups is 2. The van der Waals surface area contributed by atoms with Gasteiger partial charge >= 0.3 is 0 Å². The first kappa shape index (κ1) is 16.9. The van der Waals surface area contributed by atoms with Crippen LogP contribution in [0.3, 0.4) is 0 Å². The van der Waals surface area contributed by atoms with E-state index in [1.165, 1.54) is 0 Å². The SMILES string of the molecule is CCC(N)(CC)C(=O)NC(C)C(=O)NC(C)(C)C. The standard InChI is InChI=1S/C13H27N3O2/c1-7-13(14,8-2)11(18)15-9(3)10(17)16-12(4,5)6/h9H,7-8,14H2,1-6H3,(H,15,18)(H,16,17). The van der Waals surface area contributed by atoms with Gasteiger partial charge in [0.15, 0.2) is 0 Å². The van der Waals surface area contributed by atoms with Gasteiger partial charge in [0.1, 0.15) is 6.04 Å². The van der Waals surface area contributed by atoms with Crippen molar-refractivity contribution in [1.82, 2.24) is 10.6 Å². The molecule has 106 valence electrons. The molecular weight excluding hydrogens is 230 g/mol. The molecule has 0 heterocycles. The number of rotatable bonds is 5. The molecule has 0 saturated carbocycles. The van der Waals surface area contributed by atoms with Gasteiger partial charge in [-0.15, -0.1) is 0 Å². The van der Waals surface area contributed by atoms with Crippen LogP contribution in [0.4, 0.5) is 0 Å². The highest BCUT2D eigenvalue weighted by molar-refractivity contribution is 5.91. The number of carbonyl (C=O) groups excluding carboxylic acids is 2. The molecule has 5 nitrogen and oxygen atoms in total. The average molecular weight is 257 g/mol. The minimum Gasteiger partial charge on any atom is -0.350 e. The Bertz CT molecular complexity index is 304. The van der Waals surface area contributed by atoms with E-state index in [1.807, 2.05) is 34.6 Å². The first-order valence-corrected chi connectivity index (χ1v) is 6.47. The Hall–Kier alpha value is -1.10. The lowest BCUT2D eigenvalue weighted by Gasteiger charge is -2.28. The van der Waals surface area contributed by atoms with E-state index in [9.17, 15) is 9.59 Å². The van der Waals surface area contributed by atoms with Crippen LogP contribution in [0.1, 0.15) is 54.4 Å². The van der Waals surface area contributed by atoms with Gasteiger partial charge in [-0.25, -0.2) is 0 Å². The Balaban J connectivity index is 4.53. The average Bonchev–Trinajstić information content (AvgIpc) is 2.25. The van der Waals surface area contributed by atoms with E-state index < -0.39 is 11.6 Å². The second-order valence-corrected chi connectivity index (χ2v) is 5.80. The summed E-state index contributed by atoms with van der Waals surface area (Å²) in [4.78, 5) is 23.8. The van der Waals surface area contributed by atoms with E-state index in [0.717, 1.165) is 0 Å². The molecule has 0 aromatic carbocycles. The van der Waals surface area contributed by atoms with E-state index >= 15 is 0 Å². The van der Waals surface area contributed by atoms with Crippen LogP contribution in [0.15, 0.2) is 0 Å². The lowest BCUT2D eigenvalue weighted by Crippen LogP contribution is -2.58. The molecule has 0 aliphatic rings. The second-order valence-electron chi connectivity index (χ2n) is 5.80. The third-order valence-electron chi connectivity index (χ3n) is 2.95. The van der Waals surface area contributed by atoms with E-state index in [2.05, 4.69) is 10.6 Å². The molecule has 0 rings (SSSR count). The van der Waals surface area contributed by atoms with Crippen LogP contribution < -0.4 is 16.4 Å². The minimum absolute atomic E-state index is 0.203. The van der Waals surface area contributed by atoms with Crippen LogP contribution >= 0.6 is 0 Å². The molecule has 0 bridgehead atoms. The lowest BCUT2D eigenvalue weighted by molar-refractivity contribution is -0.132. The van der Waals surface area contributed by atoms with Crippen LogP contribution in [-0.2, 0) is 9.59 Å². The number of amides is 2. The van der Waals surface area contributed by atoms with Crippen LogP contribution in [0.25, 0.3) is 0 Å². The maximum Gasteiger partial charge on any atom is 0.242 e. The molecule has 4 N–H and O–H groups in total. The van der Waals surface area contributed by atoms with E-state index in [4.69, 9.17) is 5.73 Å². The van der Waals surface area contributed by atoms with Crippen LogP contribution in [0, 0.1) is 0 Å². The zero-order valence-corrected chi connectivity index (χ0v) is 12.4. The number of hydrogen-bond donors (Lipinski definition) is 3. The molecule has 1 atom stereocenters. The molecule has 0 aromatic rings. The zero-order chi connectivity index (χ0) is 14.6. The summed E-state index contributed by atoms with van der Waals surface area (Å²) in [7, 11) is 0. The maximum atomic E-state index is 12.0.